The molecule has 5 heteroatoms. The number of para-hydroxylation sites is 6. The third-order valence-corrected chi connectivity index (χ3v) is 17.6. The lowest BCUT2D eigenvalue weighted by Crippen LogP contribution is -1.93. The topological polar surface area (TPSA) is 31.6 Å². The van der Waals surface area contributed by atoms with Crippen molar-refractivity contribution in [1.82, 2.24) is 22.9 Å². The maximum absolute atomic E-state index is 5.72. The first-order valence-electron chi connectivity index (χ1n) is 27.0. The molecule has 19 rings (SSSR count). The van der Waals surface area contributed by atoms with Gasteiger partial charge in [0.15, 0.2) is 0 Å². The lowest BCUT2D eigenvalue weighted by molar-refractivity contribution is 1.18. The van der Waals surface area contributed by atoms with E-state index in [0.717, 1.165) is 22.5 Å². The largest absolute Gasteiger partial charge is 0.309 e. The van der Waals surface area contributed by atoms with E-state index in [-0.39, 0.29) is 0 Å². The number of hydrogen-bond donors (Lipinski definition) is 0. The van der Waals surface area contributed by atoms with Crippen molar-refractivity contribution in [3.8, 4) is 33.6 Å². The Morgan fingerprint density at radius 1 is 0.256 bits per heavy atom. The fourth-order valence-electron chi connectivity index (χ4n) is 14.5. The smallest absolute Gasteiger partial charge is 0.146 e. The van der Waals surface area contributed by atoms with E-state index in [0.29, 0.717) is 0 Å². The molecule has 5 nitrogen and oxygen atoms in total. The minimum atomic E-state index is 0.977. The summed E-state index contributed by atoms with van der Waals surface area (Å²) in [6.07, 6.45) is 2.18. The van der Waals surface area contributed by atoms with E-state index in [1.807, 2.05) is 0 Å². The number of benzene rings is 12. The second-order valence-corrected chi connectivity index (χ2v) is 21.4. The van der Waals surface area contributed by atoms with Crippen LogP contribution in [0.5, 0.6) is 0 Å². The van der Waals surface area contributed by atoms with Crippen molar-refractivity contribution in [3.63, 3.8) is 0 Å². The van der Waals surface area contributed by atoms with Crippen molar-refractivity contribution in [2.75, 3.05) is 0 Å². The number of pyridine rings is 1. The SMILES string of the molecule is c1ccc(-n2c3ccccc3c3cc(-c4cccc5c6cc7ccccc7c7c8c9c%10cccc%11c%12c%13ccccc%13cc(-c%13ccc%14c(c%13)c%13ccccc%13n%14-c%13ccccc%13)c%12n(c9ncc8n(c45)c67)c%10%11)ccc32)cc1. The van der Waals surface area contributed by atoms with Crippen LogP contribution in [-0.2, 0) is 0 Å². The van der Waals surface area contributed by atoms with Gasteiger partial charge in [-0.3, -0.25) is 4.40 Å². The monoisotopic (exact) mass is 987 g/mol. The molecule has 0 saturated heterocycles. The van der Waals surface area contributed by atoms with Gasteiger partial charge in [0.2, 0.25) is 0 Å². The summed E-state index contributed by atoms with van der Waals surface area (Å²) in [7, 11) is 0. The molecule has 0 fully saturated rings. The molecular weight excluding hydrogens is 947 g/mol. The molecule has 0 N–H and O–H groups in total. The number of nitrogens with zero attached hydrogens (tertiary/aromatic N) is 5. The molecule has 0 aliphatic carbocycles. The van der Waals surface area contributed by atoms with E-state index < -0.39 is 0 Å². The fourth-order valence-corrected chi connectivity index (χ4v) is 14.5. The molecule has 0 unspecified atom stereocenters. The first-order chi connectivity index (χ1) is 38.7. The first kappa shape index (κ1) is 40.8. The lowest BCUT2D eigenvalue weighted by atomic mass is 9.94. The van der Waals surface area contributed by atoms with Crippen LogP contribution in [0.1, 0.15) is 0 Å². The highest BCUT2D eigenvalue weighted by Gasteiger charge is 2.29. The number of hydrogen-bond acceptors (Lipinski definition) is 1. The Hall–Kier alpha value is -10.5. The average Bonchev–Trinajstić information content (AvgIpc) is 4.53. The summed E-state index contributed by atoms with van der Waals surface area (Å²) in [5.74, 6) is 0. The number of fused-ring (bicyclic) bond motifs is 23. The van der Waals surface area contributed by atoms with Crippen LogP contribution in [-0.4, -0.2) is 22.9 Å². The minimum absolute atomic E-state index is 0.977. The van der Waals surface area contributed by atoms with E-state index in [1.165, 1.54) is 153 Å². The van der Waals surface area contributed by atoms with Gasteiger partial charge in [0.05, 0.1) is 55.8 Å². The van der Waals surface area contributed by atoms with E-state index >= 15 is 0 Å². The van der Waals surface area contributed by atoms with Gasteiger partial charge in [-0.15, -0.1) is 0 Å². The van der Waals surface area contributed by atoms with Crippen LogP contribution in [0.2, 0.25) is 0 Å². The molecule has 7 heterocycles. The Balaban J connectivity index is 0.932. The molecular formula is C73H41N5. The van der Waals surface area contributed by atoms with Crippen LogP contribution >= 0.6 is 0 Å². The van der Waals surface area contributed by atoms with Crippen molar-refractivity contribution < 1.29 is 0 Å². The predicted molar refractivity (Wildman–Crippen MR) is 328 cm³/mol. The normalized spacial score (nSPS) is 12.6. The zero-order valence-corrected chi connectivity index (χ0v) is 41.9. The van der Waals surface area contributed by atoms with Crippen molar-refractivity contribution in [3.05, 3.63) is 249 Å². The molecule has 358 valence electrons. The standard InChI is InChI=1S/C73H41N5/c1-3-19-46(20-4-1)75-60-31-13-11-25-51(60)57-38-44(33-35-62(57)75)50-27-15-28-53-59-40-43-18-8-10-24-49(43)66-68-64(77(69(50)53)72(59)66)41-74-73-67(68)55-30-16-29-54-65-48-23-9-7-17-42(48)37-56(71(65)78(73)70(54)55)45-34-36-63-58(39-45)52-26-12-14-32-61(52)76(63)47-21-5-2-6-22-47/h1-41H. The molecule has 0 spiro atoms. The van der Waals surface area contributed by atoms with Gasteiger partial charge in [-0.1, -0.05) is 170 Å². The Labute approximate surface area is 444 Å². The molecule has 0 amide bonds. The Morgan fingerprint density at radius 3 is 1.44 bits per heavy atom. The molecule has 78 heavy (non-hydrogen) atoms. The molecule has 0 aliphatic rings. The summed E-state index contributed by atoms with van der Waals surface area (Å²) < 4.78 is 9.89. The zero-order chi connectivity index (χ0) is 50.5. The van der Waals surface area contributed by atoms with E-state index in [4.69, 9.17) is 4.98 Å². The van der Waals surface area contributed by atoms with Crippen LogP contribution in [0.15, 0.2) is 249 Å². The number of aromatic nitrogens is 5. The second-order valence-electron chi connectivity index (χ2n) is 21.4. The van der Waals surface area contributed by atoms with Gasteiger partial charge in [0.25, 0.3) is 0 Å². The maximum atomic E-state index is 5.72. The lowest BCUT2D eigenvalue weighted by Gasteiger charge is -2.11. The van der Waals surface area contributed by atoms with Crippen molar-refractivity contribution in [1.29, 1.82) is 0 Å². The molecule has 12 aromatic carbocycles. The highest BCUT2D eigenvalue weighted by Crippen LogP contribution is 2.52. The van der Waals surface area contributed by atoms with Crippen LogP contribution in [0.4, 0.5) is 0 Å². The summed E-state index contributed by atoms with van der Waals surface area (Å²) in [6.45, 7) is 0. The van der Waals surface area contributed by atoms with Crippen LogP contribution in [0.3, 0.4) is 0 Å². The van der Waals surface area contributed by atoms with Crippen molar-refractivity contribution in [2.45, 2.75) is 0 Å². The van der Waals surface area contributed by atoms with Crippen LogP contribution < -0.4 is 0 Å². The fraction of sp³-hybridized carbons (Fsp3) is 0. The highest BCUT2D eigenvalue weighted by atomic mass is 15.0. The zero-order valence-electron chi connectivity index (χ0n) is 41.9. The van der Waals surface area contributed by atoms with Gasteiger partial charge >= 0.3 is 0 Å². The quantitative estimate of drug-likeness (QED) is 0.173. The maximum Gasteiger partial charge on any atom is 0.146 e. The minimum Gasteiger partial charge on any atom is -0.309 e. The van der Waals surface area contributed by atoms with E-state index in [2.05, 4.69) is 267 Å². The molecule has 0 saturated carbocycles. The second kappa shape index (κ2) is 14.7. The van der Waals surface area contributed by atoms with Crippen molar-refractivity contribution in [2.24, 2.45) is 0 Å². The number of rotatable bonds is 4. The molecule has 0 aliphatic heterocycles. The van der Waals surface area contributed by atoms with Gasteiger partial charge in [0, 0.05) is 87.1 Å². The van der Waals surface area contributed by atoms with Gasteiger partial charge < -0.3 is 13.5 Å². The Bertz CT molecular complexity index is 5790. The molecule has 0 radical (unpaired) electrons. The van der Waals surface area contributed by atoms with E-state index in [9.17, 15) is 0 Å². The summed E-state index contributed by atoms with van der Waals surface area (Å²) >= 11 is 0. The van der Waals surface area contributed by atoms with Gasteiger partial charge in [0.1, 0.15) is 5.65 Å². The van der Waals surface area contributed by atoms with Crippen molar-refractivity contribution >= 4 is 141 Å². The molecule has 7 aromatic heterocycles. The van der Waals surface area contributed by atoms with Gasteiger partial charge in [-0.05, 0) is 105 Å². The predicted octanol–water partition coefficient (Wildman–Crippen LogP) is 19.2. The molecule has 0 atom stereocenters. The Morgan fingerprint density at radius 2 is 0.769 bits per heavy atom. The van der Waals surface area contributed by atoms with E-state index in [1.54, 1.807) is 0 Å². The summed E-state index contributed by atoms with van der Waals surface area (Å²) in [6, 6.07) is 89.9. The summed E-state index contributed by atoms with van der Waals surface area (Å²) in [5.41, 5.74) is 18.8. The molecule has 0 bridgehead atoms. The Kier molecular flexibility index (Phi) is 7.68. The third-order valence-electron chi connectivity index (χ3n) is 17.6. The molecule has 19 aromatic rings. The van der Waals surface area contributed by atoms with Gasteiger partial charge in [-0.25, -0.2) is 4.98 Å². The first-order valence-corrected chi connectivity index (χ1v) is 27.0. The summed E-state index contributed by atoms with van der Waals surface area (Å²) in [4.78, 5) is 5.72. The highest BCUT2D eigenvalue weighted by molar-refractivity contribution is 6.40. The van der Waals surface area contributed by atoms with Crippen LogP contribution in [0, 0.1) is 0 Å². The van der Waals surface area contributed by atoms with Crippen LogP contribution in [0.25, 0.3) is 175 Å². The average molecular weight is 988 g/mol. The summed E-state index contributed by atoms with van der Waals surface area (Å²) in [5, 5.41) is 19.8. The third kappa shape index (κ3) is 5.04. The van der Waals surface area contributed by atoms with Gasteiger partial charge in [-0.2, -0.15) is 0 Å².